The fourth-order valence-corrected chi connectivity index (χ4v) is 2.47. The lowest BCUT2D eigenvalue weighted by Gasteiger charge is -2.32. The van der Waals surface area contributed by atoms with Crippen molar-refractivity contribution in [3.05, 3.63) is 0 Å². The maximum absolute atomic E-state index is 12.1. The summed E-state index contributed by atoms with van der Waals surface area (Å²) in [6.45, 7) is 0. The van der Waals surface area contributed by atoms with Crippen molar-refractivity contribution in [2.45, 2.75) is 51.0 Å². The number of nitrogens with zero attached hydrogens (tertiary/aromatic N) is 2. The van der Waals surface area contributed by atoms with Gasteiger partial charge in [-0.15, -0.1) is 0 Å². The van der Waals surface area contributed by atoms with Crippen LogP contribution >= 0.6 is 0 Å². The lowest BCUT2D eigenvalue weighted by molar-refractivity contribution is -0.136. The van der Waals surface area contributed by atoms with Crippen LogP contribution in [0.3, 0.4) is 0 Å². The molecule has 0 aromatic heterocycles. The maximum atomic E-state index is 12.1. The molecule has 0 radical (unpaired) electrons. The van der Waals surface area contributed by atoms with E-state index in [0.29, 0.717) is 6.04 Å². The Morgan fingerprint density at radius 1 is 1.33 bits per heavy atom. The summed E-state index contributed by atoms with van der Waals surface area (Å²) in [5.41, 5.74) is -0.633. The van der Waals surface area contributed by atoms with Crippen LogP contribution in [0.15, 0.2) is 0 Å². The second kappa shape index (κ2) is 3.84. The van der Waals surface area contributed by atoms with Crippen LogP contribution in [0.5, 0.6) is 0 Å². The van der Waals surface area contributed by atoms with Gasteiger partial charge in [-0.2, -0.15) is 5.26 Å². The van der Waals surface area contributed by atoms with Crippen molar-refractivity contribution in [2.24, 2.45) is 5.41 Å². The van der Waals surface area contributed by atoms with E-state index in [-0.39, 0.29) is 5.91 Å². The molecule has 3 heteroatoms. The van der Waals surface area contributed by atoms with Crippen LogP contribution in [-0.4, -0.2) is 23.9 Å². The number of rotatable bonds is 2. The van der Waals surface area contributed by atoms with Crippen LogP contribution in [0.2, 0.25) is 0 Å². The number of hydrogen-bond donors (Lipinski definition) is 0. The Kier molecular flexibility index (Phi) is 2.68. The number of carbonyl (C=O) groups excluding carboxylic acids is 1. The van der Waals surface area contributed by atoms with Gasteiger partial charge < -0.3 is 4.90 Å². The molecule has 82 valence electrons. The van der Waals surface area contributed by atoms with Gasteiger partial charge in [-0.25, -0.2) is 0 Å². The SMILES string of the molecule is CN(C(=O)C1(C#N)CC1)C1CCCCC1. The second-order valence-electron chi connectivity index (χ2n) is 4.90. The molecule has 0 heterocycles. The van der Waals surface area contributed by atoms with Crippen LogP contribution in [0, 0.1) is 16.7 Å². The molecule has 2 rings (SSSR count). The third-order valence-corrected chi connectivity index (χ3v) is 3.82. The number of hydrogen-bond acceptors (Lipinski definition) is 2. The molecule has 3 nitrogen and oxygen atoms in total. The zero-order valence-electron chi connectivity index (χ0n) is 9.33. The predicted molar refractivity (Wildman–Crippen MR) is 56.9 cm³/mol. The lowest BCUT2D eigenvalue weighted by Crippen LogP contribution is -2.42. The Morgan fingerprint density at radius 3 is 2.40 bits per heavy atom. The van der Waals surface area contributed by atoms with Gasteiger partial charge in [-0.3, -0.25) is 4.79 Å². The lowest BCUT2D eigenvalue weighted by atomic mass is 9.93. The molecule has 1 amide bonds. The molecule has 0 aromatic carbocycles. The van der Waals surface area contributed by atoms with Crippen molar-refractivity contribution in [1.29, 1.82) is 5.26 Å². The highest BCUT2D eigenvalue weighted by Gasteiger charge is 2.52. The topological polar surface area (TPSA) is 44.1 Å². The number of amides is 1. The molecule has 0 aliphatic heterocycles. The maximum Gasteiger partial charge on any atom is 0.243 e. The van der Waals surface area contributed by atoms with Gasteiger partial charge in [0, 0.05) is 13.1 Å². The Hall–Kier alpha value is -1.04. The molecule has 0 saturated heterocycles. The van der Waals surface area contributed by atoms with Gasteiger partial charge in [0.2, 0.25) is 5.91 Å². The summed E-state index contributed by atoms with van der Waals surface area (Å²) in [6, 6.07) is 2.57. The summed E-state index contributed by atoms with van der Waals surface area (Å²) in [5.74, 6) is 0.0666. The molecule has 2 saturated carbocycles. The molecule has 15 heavy (non-hydrogen) atoms. The fourth-order valence-electron chi connectivity index (χ4n) is 2.47. The average molecular weight is 206 g/mol. The van der Waals surface area contributed by atoms with E-state index in [4.69, 9.17) is 5.26 Å². The largest absolute Gasteiger partial charge is 0.341 e. The first-order chi connectivity index (χ1) is 7.19. The minimum Gasteiger partial charge on any atom is -0.341 e. The molecule has 2 aliphatic carbocycles. The van der Waals surface area contributed by atoms with Gasteiger partial charge in [0.05, 0.1) is 6.07 Å². The van der Waals surface area contributed by atoms with Crippen LogP contribution < -0.4 is 0 Å². The highest BCUT2D eigenvalue weighted by atomic mass is 16.2. The molecular weight excluding hydrogens is 188 g/mol. The molecule has 0 unspecified atom stereocenters. The third-order valence-electron chi connectivity index (χ3n) is 3.82. The van der Waals surface area contributed by atoms with Crippen molar-refractivity contribution in [1.82, 2.24) is 4.90 Å². The summed E-state index contributed by atoms with van der Waals surface area (Å²) >= 11 is 0. The molecule has 0 N–H and O–H groups in total. The molecule has 0 bridgehead atoms. The molecular formula is C12H18N2O. The van der Waals surface area contributed by atoms with Gasteiger partial charge in [-0.1, -0.05) is 19.3 Å². The quantitative estimate of drug-likeness (QED) is 0.694. The predicted octanol–water partition coefficient (Wildman–Crippen LogP) is 2.08. The highest BCUT2D eigenvalue weighted by Crippen LogP contribution is 2.47. The van der Waals surface area contributed by atoms with Crippen molar-refractivity contribution >= 4 is 5.91 Å². The first-order valence-corrected chi connectivity index (χ1v) is 5.88. The molecule has 2 fully saturated rings. The monoisotopic (exact) mass is 206 g/mol. The first-order valence-electron chi connectivity index (χ1n) is 5.88. The molecule has 2 aliphatic rings. The van der Waals surface area contributed by atoms with E-state index in [9.17, 15) is 4.79 Å². The smallest absolute Gasteiger partial charge is 0.243 e. The van der Waals surface area contributed by atoms with Crippen LogP contribution in [-0.2, 0) is 4.79 Å². The first kappa shape index (κ1) is 10.5. The van der Waals surface area contributed by atoms with Gasteiger partial charge in [0.1, 0.15) is 5.41 Å². The van der Waals surface area contributed by atoms with E-state index < -0.39 is 5.41 Å². The van der Waals surface area contributed by atoms with Gasteiger partial charge in [0.15, 0.2) is 0 Å². The summed E-state index contributed by atoms with van der Waals surface area (Å²) in [7, 11) is 1.87. The second-order valence-corrected chi connectivity index (χ2v) is 4.90. The molecule has 0 spiro atoms. The van der Waals surface area contributed by atoms with Gasteiger partial charge in [0.25, 0.3) is 0 Å². The van der Waals surface area contributed by atoms with Crippen LogP contribution in [0.1, 0.15) is 44.9 Å². The van der Waals surface area contributed by atoms with E-state index in [1.165, 1.54) is 19.3 Å². The van der Waals surface area contributed by atoms with Crippen molar-refractivity contribution in [3.63, 3.8) is 0 Å². The van der Waals surface area contributed by atoms with E-state index in [2.05, 4.69) is 6.07 Å². The van der Waals surface area contributed by atoms with Crippen molar-refractivity contribution in [2.75, 3.05) is 7.05 Å². The number of nitriles is 1. The average Bonchev–Trinajstić information content (AvgIpc) is 3.09. The van der Waals surface area contributed by atoms with E-state index >= 15 is 0 Å². The summed E-state index contributed by atoms with van der Waals surface area (Å²) in [4.78, 5) is 13.9. The van der Waals surface area contributed by atoms with Crippen LogP contribution in [0.4, 0.5) is 0 Å². The van der Waals surface area contributed by atoms with Crippen LogP contribution in [0.25, 0.3) is 0 Å². The Labute approximate surface area is 91.1 Å². The van der Waals surface area contributed by atoms with Crippen molar-refractivity contribution < 1.29 is 4.79 Å². The molecule has 0 aromatic rings. The molecule has 0 atom stereocenters. The normalized spacial score (nSPS) is 24.3. The zero-order valence-corrected chi connectivity index (χ0v) is 9.33. The summed E-state index contributed by atoms with van der Waals surface area (Å²) in [5, 5.41) is 8.98. The van der Waals surface area contributed by atoms with E-state index in [1.807, 2.05) is 11.9 Å². The minimum absolute atomic E-state index is 0.0666. The Bertz CT molecular complexity index is 295. The highest BCUT2D eigenvalue weighted by molar-refractivity contribution is 5.88. The van der Waals surface area contributed by atoms with Gasteiger partial charge in [-0.05, 0) is 25.7 Å². The van der Waals surface area contributed by atoms with E-state index in [1.54, 1.807) is 0 Å². The summed E-state index contributed by atoms with van der Waals surface area (Å²) < 4.78 is 0. The minimum atomic E-state index is -0.633. The third kappa shape index (κ3) is 1.86. The Morgan fingerprint density at radius 2 is 1.93 bits per heavy atom. The van der Waals surface area contributed by atoms with E-state index in [0.717, 1.165) is 25.7 Å². The zero-order chi connectivity index (χ0) is 10.9. The van der Waals surface area contributed by atoms with Gasteiger partial charge >= 0.3 is 0 Å². The standard InChI is InChI=1S/C12H18N2O/c1-14(10-5-3-2-4-6-10)11(15)12(9-13)7-8-12/h10H,2-8H2,1H3. The fraction of sp³-hybridized carbons (Fsp3) is 0.833. The summed E-state index contributed by atoms with van der Waals surface area (Å²) in [6.07, 6.45) is 7.50. The number of carbonyl (C=O) groups is 1. The Balaban J connectivity index is 1.98. The van der Waals surface area contributed by atoms with Crippen molar-refractivity contribution in [3.8, 4) is 6.07 Å².